The molecule has 0 unspecified atom stereocenters. The number of methoxy groups -OCH3 is 1. The van der Waals surface area contributed by atoms with E-state index in [1.54, 1.807) is 13.4 Å². The summed E-state index contributed by atoms with van der Waals surface area (Å²) in [7, 11) is 1.69. The van der Waals surface area contributed by atoms with Crippen molar-refractivity contribution in [3.8, 4) is 0 Å². The van der Waals surface area contributed by atoms with Gasteiger partial charge in [-0.2, -0.15) is 0 Å². The molecule has 1 aromatic carbocycles. The Balaban J connectivity index is 1.43. The molecule has 1 aliphatic carbocycles. The minimum Gasteiger partial charge on any atom is -0.385 e. The molecule has 1 aliphatic rings. The average Bonchev–Trinajstić information content (AvgIpc) is 3.29. The first-order valence-corrected chi connectivity index (χ1v) is 9.53. The summed E-state index contributed by atoms with van der Waals surface area (Å²) in [5.41, 5.74) is 4.47. The van der Waals surface area contributed by atoms with Crippen LogP contribution in [0.2, 0.25) is 0 Å². The largest absolute Gasteiger partial charge is 0.385 e. The molecule has 0 fully saturated rings. The molecular weight excluding hydrogens is 342 g/mol. The van der Waals surface area contributed by atoms with Gasteiger partial charge in [0.2, 0.25) is 0 Å². The highest BCUT2D eigenvalue weighted by molar-refractivity contribution is 5.98. The van der Waals surface area contributed by atoms with Gasteiger partial charge in [-0.15, -0.1) is 10.2 Å². The van der Waals surface area contributed by atoms with E-state index < -0.39 is 0 Å². The van der Waals surface area contributed by atoms with Crippen LogP contribution < -0.4 is 5.32 Å². The van der Waals surface area contributed by atoms with Crippen LogP contribution in [0, 0.1) is 0 Å². The van der Waals surface area contributed by atoms with Crippen molar-refractivity contribution < 1.29 is 9.53 Å². The summed E-state index contributed by atoms with van der Waals surface area (Å²) in [6.07, 6.45) is 7.27. The van der Waals surface area contributed by atoms with Gasteiger partial charge < -0.3 is 19.6 Å². The van der Waals surface area contributed by atoms with Gasteiger partial charge in [-0.25, -0.2) is 0 Å². The lowest BCUT2D eigenvalue weighted by molar-refractivity contribution is 0.0949. The molecule has 1 amide bonds. The maximum Gasteiger partial charge on any atom is 0.251 e. The van der Waals surface area contributed by atoms with E-state index in [2.05, 4.69) is 26.6 Å². The van der Waals surface area contributed by atoms with Crippen LogP contribution in [0.15, 0.2) is 24.5 Å². The Hall–Kier alpha value is -2.67. The SMILES string of the molecule is COCCCn1cnnc1CNC(=O)c1ccc2c3c([nH]c2c1)CCCC3. The van der Waals surface area contributed by atoms with E-state index in [1.807, 2.05) is 16.7 Å². The first-order valence-electron chi connectivity index (χ1n) is 9.53. The first kappa shape index (κ1) is 17.7. The van der Waals surface area contributed by atoms with Gasteiger partial charge in [0.25, 0.3) is 5.91 Å². The molecule has 2 N–H and O–H groups in total. The van der Waals surface area contributed by atoms with Crippen LogP contribution in [0.5, 0.6) is 0 Å². The molecule has 2 heterocycles. The number of amides is 1. The van der Waals surface area contributed by atoms with E-state index in [0.717, 1.165) is 37.1 Å². The maximum atomic E-state index is 12.6. The highest BCUT2D eigenvalue weighted by Gasteiger charge is 2.16. The van der Waals surface area contributed by atoms with Crippen molar-refractivity contribution >= 4 is 16.8 Å². The standard InChI is InChI=1S/C20H25N5O2/c1-27-10-4-9-25-13-22-24-19(25)12-21-20(26)14-7-8-16-15-5-2-3-6-17(15)23-18(16)11-14/h7-8,11,13,23H,2-6,9-10,12H2,1H3,(H,21,26). The third-order valence-electron chi connectivity index (χ3n) is 5.21. The molecule has 4 rings (SSSR count). The third-order valence-corrected chi connectivity index (χ3v) is 5.21. The van der Waals surface area contributed by atoms with Crippen LogP contribution in [-0.4, -0.2) is 39.4 Å². The Morgan fingerprint density at radius 2 is 2.22 bits per heavy atom. The molecule has 7 heteroatoms. The van der Waals surface area contributed by atoms with Gasteiger partial charge in [-0.3, -0.25) is 4.79 Å². The van der Waals surface area contributed by atoms with E-state index in [0.29, 0.717) is 18.7 Å². The summed E-state index contributed by atoms with van der Waals surface area (Å²) >= 11 is 0. The lowest BCUT2D eigenvalue weighted by Crippen LogP contribution is -2.24. The van der Waals surface area contributed by atoms with Gasteiger partial charge >= 0.3 is 0 Å². The van der Waals surface area contributed by atoms with E-state index in [1.165, 1.54) is 29.5 Å². The van der Waals surface area contributed by atoms with E-state index in [-0.39, 0.29) is 5.91 Å². The van der Waals surface area contributed by atoms with E-state index in [4.69, 9.17) is 4.74 Å². The number of fused-ring (bicyclic) bond motifs is 3. The Kier molecular flexibility index (Phi) is 5.20. The normalized spacial score (nSPS) is 13.7. The number of nitrogens with one attached hydrogen (secondary N) is 2. The molecule has 3 aromatic rings. The van der Waals surface area contributed by atoms with E-state index >= 15 is 0 Å². The van der Waals surface area contributed by atoms with Gasteiger partial charge in [0, 0.05) is 42.4 Å². The summed E-state index contributed by atoms with van der Waals surface area (Å²) < 4.78 is 7.02. The molecular formula is C20H25N5O2. The molecule has 27 heavy (non-hydrogen) atoms. The van der Waals surface area contributed by atoms with Crippen molar-refractivity contribution in [3.05, 3.63) is 47.2 Å². The Labute approximate surface area is 158 Å². The van der Waals surface area contributed by atoms with Crippen molar-refractivity contribution in [2.24, 2.45) is 0 Å². The highest BCUT2D eigenvalue weighted by atomic mass is 16.5. The molecule has 0 saturated heterocycles. The molecule has 2 aromatic heterocycles. The van der Waals surface area contributed by atoms with Crippen molar-refractivity contribution in [1.29, 1.82) is 0 Å². The number of aromatic amines is 1. The van der Waals surface area contributed by atoms with Crippen LogP contribution in [0.4, 0.5) is 0 Å². The second kappa shape index (κ2) is 7.92. The number of hydrogen-bond acceptors (Lipinski definition) is 4. The lowest BCUT2D eigenvalue weighted by atomic mass is 9.95. The average molecular weight is 367 g/mol. The van der Waals surface area contributed by atoms with Crippen LogP contribution >= 0.6 is 0 Å². The number of carbonyl (C=O) groups excluding carboxylic acids is 1. The first-order chi connectivity index (χ1) is 13.3. The van der Waals surface area contributed by atoms with Crippen LogP contribution in [0.25, 0.3) is 10.9 Å². The number of aromatic nitrogens is 4. The summed E-state index contributed by atoms with van der Waals surface area (Å²) in [6.45, 7) is 1.81. The van der Waals surface area contributed by atoms with Crippen LogP contribution in [-0.2, 0) is 30.7 Å². The number of rotatable bonds is 7. The zero-order valence-corrected chi connectivity index (χ0v) is 15.6. The highest BCUT2D eigenvalue weighted by Crippen LogP contribution is 2.29. The second-order valence-electron chi connectivity index (χ2n) is 7.02. The van der Waals surface area contributed by atoms with Crippen LogP contribution in [0.1, 0.15) is 46.7 Å². The molecule has 7 nitrogen and oxygen atoms in total. The topological polar surface area (TPSA) is 84.8 Å². The molecule has 0 bridgehead atoms. The molecule has 0 aliphatic heterocycles. The minimum atomic E-state index is -0.101. The maximum absolute atomic E-state index is 12.6. The smallest absolute Gasteiger partial charge is 0.251 e. The number of ether oxygens (including phenoxy) is 1. The molecule has 0 spiro atoms. The number of nitrogens with zero attached hydrogens (tertiary/aromatic N) is 3. The van der Waals surface area contributed by atoms with Gasteiger partial charge in [0.15, 0.2) is 5.82 Å². The zero-order chi connectivity index (χ0) is 18.6. The third kappa shape index (κ3) is 3.73. The zero-order valence-electron chi connectivity index (χ0n) is 15.6. The summed E-state index contributed by atoms with van der Waals surface area (Å²) in [4.78, 5) is 16.1. The fourth-order valence-corrected chi connectivity index (χ4v) is 3.80. The van der Waals surface area contributed by atoms with Crippen LogP contribution in [0.3, 0.4) is 0 Å². The molecule has 142 valence electrons. The molecule has 0 saturated carbocycles. The quantitative estimate of drug-likeness (QED) is 0.629. The number of carbonyl (C=O) groups is 1. The monoisotopic (exact) mass is 367 g/mol. The Bertz CT molecular complexity index is 943. The number of benzene rings is 1. The lowest BCUT2D eigenvalue weighted by Gasteiger charge is -2.10. The molecule has 0 radical (unpaired) electrons. The summed E-state index contributed by atoms with van der Waals surface area (Å²) in [5.74, 6) is 0.645. The minimum absolute atomic E-state index is 0.101. The van der Waals surface area contributed by atoms with Gasteiger partial charge in [0.1, 0.15) is 6.33 Å². The number of hydrogen-bond donors (Lipinski definition) is 2. The fourth-order valence-electron chi connectivity index (χ4n) is 3.80. The fraction of sp³-hybridized carbons (Fsp3) is 0.450. The Morgan fingerprint density at radius 1 is 1.33 bits per heavy atom. The second-order valence-corrected chi connectivity index (χ2v) is 7.02. The Morgan fingerprint density at radius 3 is 3.11 bits per heavy atom. The van der Waals surface area contributed by atoms with E-state index in [9.17, 15) is 4.79 Å². The van der Waals surface area contributed by atoms with Gasteiger partial charge in [-0.05, 0) is 49.8 Å². The number of H-pyrrole nitrogens is 1. The van der Waals surface area contributed by atoms with Crippen molar-refractivity contribution in [2.75, 3.05) is 13.7 Å². The van der Waals surface area contributed by atoms with Crippen molar-refractivity contribution in [1.82, 2.24) is 25.1 Å². The molecule has 0 atom stereocenters. The van der Waals surface area contributed by atoms with Crippen molar-refractivity contribution in [2.45, 2.75) is 45.2 Å². The summed E-state index contributed by atoms with van der Waals surface area (Å²) in [5, 5.41) is 12.3. The number of aryl methyl sites for hydroxylation is 3. The van der Waals surface area contributed by atoms with Gasteiger partial charge in [0.05, 0.1) is 6.54 Å². The summed E-state index contributed by atoms with van der Waals surface area (Å²) in [6, 6.07) is 5.92. The van der Waals surface area contributed by atoms with Gasteiger partial charge in [-0.1, -0.05) is 6.07 Å². The predicted octanol–water partition coefficient (Wildman–Crippen LogP) is 2.60. The predicted molar refractivity (Wildman–Crippen MR) is 103 cm³/mol. The van der Waals surface area contributed by atoms with Crippen molar-refractivity contribution in [3.63, 3.8) is 0 Å².